The molecule has 0 aliphatic carbocycles. The number of hydrogen-bond acceptors (Lipinski definition) is 4. The van der Waals surface area contributed by atoms with Crippen LogP contribution in [-0.4, -0.2) is 31.8 Å². The summed E-state index contributed by atoms with van der Waals surface area (Å²) in [4.78, 5) is 16.6. The van der Waals surface area contributed by atoms with Crippen molar-refractivity contribution in [1.82, 2.24) is 15.6 Å². The van der Waals surface area contributed by atoms with Crippen LogP contribution in [0.15, 0.2) is 60.8 Å². The molecular formula is C25H25F4N3O3. The van der Waals surface area contributed by atoms with Gasteiger partial charge < -0.3 is 20.1 Å². The summed E-state index contributed by atoms with van der Waals surface area (Å²) in [5, 5.41) is 5.23. The molecule has 0 saturated heterocycles. The number of halogens is 4. The fraction of sp³-hybridized carbons (Fsp3) is 0.280. The van der Waals surface area contributed by atoms with Gasteiger partial charge in [-0.15, -0.1) is 0 Å². The lowest BCUT2D eigenvalue weighted by Gasteiger charge is -2.23. The van der Waals surface area contributed by atoms with Gasteiger partial charge in [0.05, 0.1) is 31.5 Å². The zero-order chi connectivity index (χ0) is 25.4. The SMILES string of the molecule is COc1ccc(OC)c(CCNC(=O)N[C@@H](c2ccc(CF)cc2)c2ncccc2C(F)(F)F)c1. The van der Waals surface area contributed by atoms with Crippen molar-refractivity contribution >= 4 is 6.03 Å². The van der Waals surface area contributed by atoms with Gasteiger partial charge in [-0.1, -0.05) is 24.3 Å². The number of nitrogens with zero attached hydrogens (tertiary/aromatic N) is 1. The van der Waals surface area contributed by atoms with Gasteiger partial charge in [-0.3, -0.25) is 4.98 Å². The third-order valence-corrected chi connectivity index (χ3v) is 5.33. The van der Waals surface area contributed by atoms with Crippen molar-refractivity contribution in [2.24, 2.45) is 0 Å². The molecule has 2 N–H and O–H groups in total. The van der Waals surface area contributed by atoms with Crippen molar-refractivity contribution in [3.63, 3.8) is 0 Å². The van der Waals surface area contributed by atoms with Gasteiger partial charge in [0.1, 0.15) is 18.2 Å². The zero-order valence-electron chi connectivity index (χ0n) is 19.2. The standard InChI is InChI=1S/C25H25F4N3O3/c1-34-19-9-10-21(35-2)18(14-19)11-13-31-24(33)32-22(17-7-5-16(15-26)6-8-17)23-20(25(27,28)29)4-3-12-30-23/h3-10,12,14,22H,11,13,15H2,1-2H3,(H2,31,32,33)/t22-/m0/s1. The summed E-state index contributed by atoms with van der Waals surface area (Å²) in [6.07, 6.45) is -3.06. The Balaban J connectivity index is 1.80. The van der Waals surface area contributed by atoms with E-state index >= 15 is 0 Å². The van der Waals surface area contributed by atoms with Crippen LogP contribution in [0.4, 0.5) is 22.4 Å². The second-order valence-electron chi connectivity index (χ2n) is 7.57. The third kappa shape index (κ3) is 6.62. The Kier molecular flexibility index (Phi) is 8.51. The van der Waals surface area contributed by atoms with Crippen LogP contribution in [0.1, 0.15) is 34.0 Å². The summed E-state index contributed by atoms with van der Waals surface area (Å²) >= 11 is 0. The Morgan fingerprint density at radius 2 is 1.80 bits per heavy atom. The van der Waals surface area contributed by atoms with E-state index in [0.29, 0.717) is 29.0 Å². The van der Waals surface area contributed by atoms with Crippen molar-refractivity contribution in [2.75, 3.05) is 20.8 Å². The number of benzene rings is 2. The highest BCUT2D eigenvalue weighted by Gasteiger charge is 2.37. The number of methoxy groups -OCH3 is 2. The van der Waals surface area contributed by atoms with Crippen molar-refractivity contribution < 1.29 is 31.8 Å². The number of rotatable bonds is 9. The van der Waals surface area contributed by atoms with E-state index in [0.717, 1.165) is 11.6 Å². The molecule has 0 unspecified atom stereocenters. The van der Waals surface area contributed by atoms with E-state index in [2.05, 4.69) is 15.6 Å². The quantitative estimate of drug-likeness (QED) is 0.403. The summed E-state index contributed by atoms with van der Waals surface area (Å²) in [5.41, 5.74) is 0.144. The maximum absolute atomic E-state index is 13.7. The summed E-state index contributed by atoms with van der Waals surface area (Å²) in [6, 6.07) is 11.3. The molecule has 2 amide bonds. The minimum atomic E-state index is -4.68. The molecule has 1 atom stereocenters. The summed E-state index contributed by atoms with van der Waals surface area (Å²) in [6.45, 7) is -0.540. The number of hydrogen-bond donors (Lipinski definition) is 2. The number of carbonyl (C=O) groups is 1. The molecule has 0 fully saturated rings. The lowest BCUT2D eigenvalue weighted by atomic mass is 9.98. The maximum Gasteiger partial charge on any atom is 0.418 e. The average Bonchev–Trinajstić information content (AvgIpc) is 2.86. The van der Waals surface area contributed by atoms with E-state index in [-0.39, 0.29) is 12.2 Å². The maximum atomic E-state index is 13.7. The van der Waals surface area contributed by atoms with E-state index in [1.807, 2.05) is 0 Å². The first-order valence-corrected chi connectivity index (χ1v) is 10.7. The molecular weight excluding hydrogens is 466 g/mol. The second-order valence-corrected chi connectivity index (χ2v) is 7.57. The van der Waals surface area contributed by atoms with Crippen molar-refractivity contribution in [3.8, 4) is 11.5 Å². The highest BCUT2D eigenvalue weighted by atomic mass is 19.4. The van der Waals surface area contributed by atoms with Gasteiger partial charge in [0.25, 0.3) is 0 Å². The van der Waals surface area contributed by atoms with Crippen LogP contribution in [0, 0.1) is 0 Å². The molecule has 2 aromatic carbocycles. The smallest absolute Gasteiger partial charge is 0.418 e. The van der Waals surface area contributed by atoms with E-state index < -0.39 is 30.5 Å². The minimum Gasteiger partial charge on any atom is -0.497 e. The number of amides is 2. The van der Waals surface area contributed by atoms with Gasteiger partial charge in [-0.2, -0.15) is 13.2 Å². The van der Waals surface area contributed by atoms with Crippen LogP contribution in [0.5, 0.6) is 11.5 Å². The third-order valence-electron chi connectivity index (χ3n) is 5.33. The molecule has 0 aliphatic heterocycles. The predicted molar refractivity (Wildman–Crippen MR) is 122 cm³/mol. The fourth-order valence-electron chi connectivity index (χ4n) is 3.57. The largest absolute Gasteiger partial charge is 0.497 e. The predicted octanol–water partition coefficient (Wildman–Crippen LogP) is 5.22. The van der Waals surface area contributed by atoms with Gasteiger partial charge in [0, 0.05) is 12.7 Å². The first-order valence-electron chi connectivity index (χ1n) is 10.7. The normalized spacial score (nSPS) is 12.1. The molecule has 10 heteroatoms. The zero-order valence-corrected chi connectivity index (χ0v) is 19.2. The van der Waals surface area contributed by atoms with Crippen molar-refractivity contribution in [1.29, 1.82) is 0 Å². The number of pyridine rings is 1. The molecule has 186 valence electrons. The number of alkyl halides is 4. The van der Waals surface area contributed by atoms with Gasteiger partial charge in [-0.05, 0) is 53.4 Å². The molecule has 3 rings (SSSR count). The van der Waals surface area contributed by atoms with Crippen LogP contribution in [0.25, 0.3) is 0 Å². The molecule has 1 aromatic heterocycles. The van der Waals surface area contributed by atoms with Crippen molar-refractivity contribution in [3.05, 3.63) is 88.7 Å². The molecule has 35 heavy (non-hydrogen) atoms. The number of aromatic nitrogens is 1. The Morgan fingerprint density at radius 3 is 2.43 bits per heavy atom. The highest BCUT2D eigenvalue weighted by molar-refractivity contribution is 5.75. The highest BCUT2D eigenvalue weighted by Crippen LogP contribution is 2.35. The molecule has 6 nitrogen and oxygen atoms in total. The second kappa shape index (κ2) is 11.5. The molecule has 0 saturated carbocycles. The van der Waals surface area contributed by atoms with Crippen LogP contribution in [0.3, 0.4) is 0 Å². The Labute approximate surface area is 200 Å². The van der Waals surface area contributed by atoms with Crippen LogP contribution in [-0.2, 0) is 19.3 Å². The van der Waals surface area contributed by atoms with Crippen LogP contribution in [0.2, 0.25) is 0 Å². The summed E-state index contributed by atoms with van der Waals surface area (Å²) in [5.74, 6) is 1.24. The van der Waals surface area contributed by atoms with Gasteiger partial charge in [0.15, 0.2) is 0 Å². The summed E-state index contributed by atoms with van der Waals surface area (Å²) in [7, 11) is 3.06. The lowest BCUT2D eigenvalue weighted by Crippen LogP contribution is -2.40. The number of urea groups is 1. The van der Waals surface area contributed by atoms with Crippen LogP contribution >= 0.6 is 0 Å². The minimum absolute atomic E-state index is 0.178. The lowest BCUT2D eigenvalue weighted by molar-refractivity contribution is -0.138. The van der Waals surface area contributed by atoms with E-state index in [9.17, 15) is 22.4 Å². The van der Waals surface area contributed by atoms with Gasteiger partial charge in [-0.25, -0.2) is 9.18 Å². The first-order chi connectivity index (χ1) is 16.8. The molecule has 0 bridgehead atoms. The van der Waals surface area contributed by atoms with Gasteiger partial charge in [0.2, 0.25) is 0 Å². The van der Waals surface area contributed by atoms with E-state index in [1.165, 1.54) is 50.7 Å². The van der Waals surface area contributed by atoms with Crippen LogP contribution < -0.4 is 20.1 Å². The van der Waals surface area contributed by atoms with Crippen molar-refractivity contribution in [2.45, 2.75) is 25.3 Å². The Bertz CT molecular complexity index is 1140. The topological polar surface area (TPSA) is 72.5 Å². The molecule has 0 aliphatic rings. The first kappa shape index (κ1) is 25.8. The fourth-order valence-corrected chi connectivity index (χ4v) is 3.57. The Morgan fingerprint density at radius 1 is 1.06 bits per heavy atom. The molecule has 0 radical (unpaired) electrons. The molecule has 1 heterocycles. The Hall–Kier alpha value is -3.82. The number of carbonyl (C=O) groups excluding carboxylic acids is 1. The average molecular weight is 491 g/mol. The summed E-state index contributed by atoms with van der Waals surface area (Å²) < 4.78 is 64.5. The number of nitrogens with one attached hydrogen (secondary N) is 2. The molecule has 0 spiro atoms. The molecule has 3 aromatic rings. The monoisotopic (exact) mass is 491 g/mol. The van der Waals surface area contributed by atoms with E-state index in [4.69, 9.17) is 9.47 Å². The van der Waals surface area contributed by atoms with Gasteiger partial charge >= 0.3 is 12.2 Å². The van der Waals surface area contributed by atoms with E-state index in [1.54, 1.807) is 18.2 Å². The number of ether oxygens (including phenoxy) is 2.